The summed E-state index contributed by atoms with van der Waals surface area (Å²) in [7, 11) is 0. The molecule has 20 heavy (non-hydrogen) atoms. The Morgan fingerprint density at radius 2 is 2.20 bits per heavy atom. The van der Waals surface area contributed by atoms with Crippen LogP contribution in [0, 0.1) is 10.1 Å². The summed E-state index contributed by atoms with van der Waals surface area (Å²) in [5, 5.41) is 25.6. The molecule has 0 aliphatic rings. The molecule has 0 heterocycles. The second-order valence-electron chi connectivity index (χ2n) is 3.99. The average molecular weight is 279 g/mol. The molecule has 0 radical (unpaired) electrons. The van der Waals surface area contributed by atoms with Gasteiger partial charge in [0, 0.05) is 25.2 Å². The summed E-state index contributed by atoms with van der Waals surface area (Å²) in [6, 6.07) is 4.54. The molecule has 7 nitrogen and oxygen atoms in total. The summed E-state index contributed by atoms with van der Waals surface area (Å²) in [5.74, 6) is -1.10. The third-order valence-electron chi connectivity index (χ3n) is 2.50. The van der Waals surface area contributed by atoms with E-state index in [9.17, 15) is 14.9 Å². The molecule has 1 rings (SSSR count). The summed E-state index contributed by atoms with van der Waals surface area (Å²) in [6.45, 7) is 4.09. The van der Waals surface area contributed by atoms with Crippen LogP contribution in [0.5, 0.6) is 0 Å². The molecule has 0 atom stereocenters. The van der Waals surface area contributed by atoms with Crippen LogP contribution >= 0.6 is 0 Å². The first-order chi connectivity index (χ1) is 9.54. The first-order valence-electron chi connectivity index (χ1n) is 6.18. The van der Waals surface area contributed by atoms with Crippen molar-refractivity contribution in [1.82, 2.24) is 5.32 Å². The number of rotatable bonds is 8. The smallest absolute Gasteiger partial charge is 0.328 e. The molecule has 0 unspecified atom stereocenters. The number of benzene rings is 1. The van der Waals surface area contributed by atoms with Gasteiger partial charge < -0.3 is 15.7 Å². The molecule has 7 heteroatoms. The summed E-state index contributed by atoms with van der Waals surface area (Å²) in [6.07, 6.45) is 2.26. The number of hydrogen-bond donors (Lipinski definition) is 3. The molecule has 0 spiro atoms. The van der Waals surface area contributed by atoms with E-state index in [2.05, 4.69) is 10.6 Å². The Morgan fingerprint density at radius 3 is 2.80 bits per heavy atom. The molecule has 1 aromatic rings. The number of carbonyl (C=O) groups is 1. The second-order valence-corrected chi connectivity index (χ2v) is 3.99. The Morgan fingerprint density at radius 1 is 1.45 bits per heavy atom. The largest absolute Gasteiger partial charge is 0.478 e. The Bertz CT molecular complexity index is 514. The van der Waals surface area contributed by atoms with Crippen molar-refractivity contribution in [2.24, 2.45) is 0 Å². The molecular weight excluding hydrogens is 262 g/mol. The number of nitrogens with one attached hydrogen (secondary N) is 2. The highest BCUT2D eigenvalue weighted by Crippen LogP contribution is 2.25. The van der Waals surface area contributed by atoms with Gasteiger partial charge in [-0.1, -0.05) is 13.0 Å². The maximum absolute atomic E-state index is 11.0. The number of likely N-dealkylation sites (N-methyl/N-ethyl adjacent to an activating group) is 1. The van der Waals surface area contributed by atoms with Gasteiger partial charge in [-0.3, -0.25) is 10.1 Å². The highest BCUT2D eigenvalue weighted by molar-refractivity contribution is 5.85. The minimum atomic E-state index is -1.10. The van der Waals surface area contributed by atoms with E-state index in [0.29, 0.717) is 24.3 Å². The lowest BCUT2D eigenvalue weighted by Crippen LogP contribution is -2.21. The van der Waals surface area contributed by atoms with E-state index in [4.69, 9.17) is 5.11 Å². The Labute approximate surface area is 116 Å². The van der Waals surface area contributed by atoms with E-state index in [1.807, 2.05) is 6.92 Å². The van der Waals surface area contributed by atoms with E-state index in [1.165, 1.54) is 12.1 Å². The van der Waals surface area contributed by atoms with Crippen molar-refractivity contribution >= 4 is 23.4 Å². The lowest BCUT2D eigenvalue weighted by Gasteiger charge is -2.08. The quantitative estimate of drug-likeness (QED) is 0.289. The van der Waals surface area contributed by atoms with Gasteiger partial charge in [-0.05, 0) is 24.3 Å². The number of nitro benzene ring substituents is 1. The number of carboxylic acid groups (broad SMARTS) is 1. The molecule has 0 saturated carbocycles. The van der Waals surface area contributed by atoms with Gasteiger partial charge in [0.25, 0.3) is 5.69 Å². The molecule has 0 amide bonds. The number of carboxylic acids is 1. The molecule has 0 saturated heterocycles. The van der Waals surface area contributed by atoms with Crippen molar-refractivity contribution in [2.45, 2.75) is 6.92 Å². The molecular formula is C13H17N3O4. The van der Waals surface area contributed by atoms with E-state index >= 15 is 0 Å². The van der Waals surface area contributed by atoms with E-state index < -0.39 is 10.9 Å². The van der Waals surface area contributed by atoms with Crippen LogP contribution in [-0.2, 0) is 4.79 Å². The van der Waals surface area contributed by atoms with Crippen molar-refractivity contribution < 1.29 is 14.8 Å². The first-order valence-corrected chi connectivity index (χ1v) is 6.18. The lowest BCUT2D eigenvalue weighted by atomic mass is 10.1. The van der Waals surface area contributed by atoms with Gasteiger partial charge in [0.15, 0.2) is 0 Å². The van der Waals surface area contributed by atoms with Crippen LogP contribution in [-0.4, -0.2) is 35.6 Å². The molecule has 0 aliphatic heterocycles. The number of anilines is 1. The van der Waals surface area contributed by atoms with Gasteiger partial charge in [-0.25, -0.2) is 4.79 Å². The minimum absolute atomic E-state index is 0.0750. The van der Waals surface area contributed by atoms with Gasteiger partial charge in [-0.2, -0.15) is 0 Å². The van der Waals surface area contributed by atoms with E-state index in [0.717, 1.165) is 12.6 Å². The van der Waals surface area contributed by atoms with Gasteiger partial charge in [0.1, 0.15) is 5.69 Å². The number of nitrogens with zero attached hydrogens (tertiary/aromatic N) is 1. The zero-order valence-electron chi connectivity index (χ0n) is 11.1. The summed E-state index contributed by atoms with van der Waals surface area (Å²) >= 11 is 0. The van der Waals surface area contributed by atoms with Gasteiger partial charge in [0.2, 0.25) is 0 Å². The van der Waals surface area contributed by atoms with E-state index in [-0.39, 0.29) is 5.69 Å². The van der Waals surface area contributed by atoms with Crippen LogP contribution < -0.4 is 10.6 Å². The van der Waals surface area contributed by atoms with Crippen LogP contribution in [0.25, 0.3) is 6.08 Å². The van der Waals surface area contributed by atoms with Crippen molar-refractivity contribution in [1.29, 1.82) is 0 Å². The van der Waals surface area contributed by atoms with Crippen molar-refractivity contribution in [2.75, 3.05) is 25.0 Å². The molecule has 1 aromatic carbocycles. The van der Waals surface area contributed by atoms with Gasteiger partial charge in [0.05, 0.1) is 4.92 Å². The Hall–Kier alpha value is -2.41. The predicted octanol–water partition coefficient (Wildman–Crippen LogP) is 1.71. The Balaban J connectivity index is 2.85. The average Bonchev–Trinajstić information content (AvgIpc) is 2.41. The van der Waals surface area contributed by atoms with E-state index in [1.54, 1.807) is 12.1 Å². The monoisotopic (exact) mass is 279 g/mol. The fourth-order valence-electron chi connectivity index (χ4n) is 1.58. The SMILES string of the molecule is CCNCCNc1ccc(C=CC(=O)O)cc1[N+](=O)[O-]. The van der Waals surface area contributed by atoms with Crippen LogP contribution in [0.4, 0.5) is 11.4 Å². The summed E-state index contributed by atoms with van der Waals surface area (Å²) in [5.41, 5.74) is 0.811. The molecule has 108 valence electrons. The summed E-state index contributed by atoms with van der Waals surface area (Å²) < 4.78 is 0. The van der Waals surface area contributed by atoms with Crippen molar-refractivity contribution in [3.8, 4) is 0 Å². The lowest BCUT2D eigenvalue weighted by molar-refractivity contribution is -0.384. The molecule has 0 aromatic heterocycles. The van der Waals surface area contributed by atoms with Gasteiger partial charge in [-0.15, -0.1) is 0 Å². The van der Waals surface area contributed by atoms with Gasteiger partial charge >= 0.3 is 5.97 Å². The zero-order valence-corrected chi connectivity index (χ0v) is 11.1. The fraction of sp³-hybridized carbons (Fsp3) is 0.308. The topological polar surface area (TPSA) is 104 Å². The molecule has 3 N–H and O–H groups in total. The minimum Gasteiger partial charge on any atom is -0.478 e. The van der Waals surface area contributed by atoms with Crippen molar-refractivity contribution in [3.05, 3.63) is 40.0 Å². The Kier molecular flexibility index (Phi) is 6.18. The zero-order chi connectivity index (χ0) is 15.0. The predicted molar refractivity (Wildman–Crippen MR) is 76.8 cm³/mol. The summed E-state index contributed by atoms with van der Waals surface area (Å²) in [4.78, 5) is 20.9. The molecule has 0 aliphatic carbocycles. The van der Waals surface area contributed by atoms with Crippen molar-refractivity contribution in [3.63, 3.8) is 0 Å². The molecule has 0 fully saturated rings. The maximum atomic E-state index is 11.0. The standard InChI is InChI=1S/C13H17N3O4/c1-2-14-7-8-15-11-5-3-10(4-6-13(17)18)9-12(11)16(19)20/h3-6,9,14-15H,2,7-8H2,1H3,(H,17,18). The third kappa shape index (κ3) is 5.07. The normalized spacial score (nSPS) is 10.7. The van der Waals surface area contributed by atoms with Crippen LogP contribution in [0.15, 0.2) is 24.3 Å². The fourth-order valence-corrected chi connectivity index (χ4v) is 1.58. The number of hydrogen-bond acceptors (Lipinski definition) is 5. The van der Waals surface area contributed by atoms with Crippen LogP contribution in [0.3, 0.4) is 0 Å². The highest BCUT2D eigenvalue weighted by atomic mass is 16.6. The number of nitro groups is 1. The maximum Gasteiger partial charge on any atom is 0.328 e. The van der Waals surface area contributed by atoms with Crippen LogP contribution in [0.2, 0.25) is 0 Å². The van der Waals surface area contributed by atoms with Crippen LogP contribution in [0.1, 0.15) is 12.5 Å². The third-order valence-corrected chi connectivity index (χ3v) is 2.50. The molecule has 0 bridgehead atoms. The first kappa shape index (κ1) is 15.6. The highest BCUT2D eigenvalue weighted by Gasteiger charge is 2.13. The second kappa shape index (κ2) is 7.90. The number of aliphatic carboxylic acids is 1.